The third kappa shape index (κ3) is 7.29. The van der Waals surface area contributed by atoms with Gasteiger partial charge in [0.15, 0.2) is 5.82 Å². The maximum Gasteiger partial charge on any atom is 0.160 e. The Bertz CT molecular complexity index is 3830. The van der Waals surface area contributed by atoms with E-state index in [-0.39, 0.29) is 0 Å². The van der Waals surface area contributed by atoms with Crippen LogP contribution in [0.1, 0.15) is 23.2 Å². The minimum Gasteiger partial charge on any atom is -0.311 e. The van der Waals surface area contributed by atoms with Gasteiger partial charge in [0.1, 0.15) is 0 Å². The molecule has 1 aliphatic rings. The van der Waals surface area contributed by atoms with E-state index in [0.29, 0.717) is 5.82 Å². The fourth-order valence-corrected chi connectivity index (χ4v) is 9.84. The van der Waals surface area contributed by atoms with Gasteiger partial charge in [-0.25, -0.2) is 9.97 Å². The van der Waals surface area contributed by atoms with Crippen LogP contribution in [-0.4, -0.2) is 29.5 Å². The molecule has 5 heterocycles. The van der Waals surface area contributed by atoms with E-state index in [1.807, 2.05) is 49.2 Å². The smallest absolute Gasteiger partial charge is 0.160 e. The maximum absolute atomic E-state index is 5.14. The molecule has 0 saturated carbocycles. The Labute approximate surface area is 394 Å². The zero-order valence-electron chi connectivity index (χ0n) is 37.7. The second-order valence-electron chi connectivity index (χ2n) is 17.4. The highest BCUT2D eigenvalue weighted by Crippen LogP contribution is 2.39. The summed E-state index contributed by atoms with van der Waals surface area (Å²) >= 11 is 0. The van der Waals surface area contributed by atoms with E-state index in [1.54, 1.807) is 0 Å². The topological polar surface area (TPSA) is 69.4 Å². The lowest BCUT2D eigenvalue weighted by Gasteiger charge is -2.12. The molecule has 6 heteroatoms. The number of hydrogen-bond donors (Lipinski definition) is 0. The average Bonchev–Trinajstić information content (AvgIpc) is 4.03. The highest BCUT2D eigenvalue weighted by atomic mass is 15.0. The van der Waals surface area contributed by atoms with Crippen molar-refractivity contribution in [2.45, 2.75) is 20.3 Å². The molecule has 322 valence electrons. The van der Waals surface area contributed by atoms with Crippen molar-refractivity contribution in [3.05, 3.63) is 236 Å². The number of rotatable bonds is 6. The Morgan fingerprint density at radius 3 is 1.84 bits per heavy atom. The predicted octanol–water partition coefficient (Wildman–Crippen LogP) is 15.5. The Morgan fingerprint density at radius 1 is 0.426 bits per heavy atom. The molecule has 0 unspecified atom stereocenters. The second kappa shape index (κ2) is 17.2. The van der Waals surface area contributed by atoms with Crippen molar-refractivity contribution in [3.63, 3.8) is 0 Å². The van der Waals surface area contributed by atoms with Crippen LogP contribution in [0.15, 0.2) is 219 Å². The van der Waals surface area contributed by atoms with Crippen LogP contribution in [0.5, 0.6) is 0 Å². The standard InChI is InChI=1S/C49H31N5.C13H13N/c1-2-10-33(11-3-1)49-52-44(28-45(53-49)34-22-23-36(26-34)54-46-17-9-8-15-40(46)41-24-25-50-30-47(41)54)32-20-18-31(19-21-32)35-27-43-39-14-5-4-12-37(39)38-13-6-7-16-42(38)48(43)51-29-35;1-10-5-3-4-6-12(10)13-7-8-14-9-11(13)2/h1-22,24-30H,23H2;3-9H,1-2H3. The molecule has 0 saturated heterocycles. The van der Waals surface area contributed by atoms with Crippen LogP contribution in [-0.2, 0) is 0 Å². The van der Waals surface area contributed by atoms with Crippen molar-refractivity contribution in [3.8, 4) is 44.9 Å². The molecule has 0 bridgehead atoms. The molecule has 5 aromatic heterocycles. The van der Waals surface area contributed by atoms with Crippen molar-refractivity contribution in [1.29, 1.82) is 0 Å². The quantitative estimate of drug-likeness (QED) is 0.156. The number of fused-ring (bicyclic) bond motifs is 9. The number of aromatic nitrogens is 6. The molecular formula is C62H44N6. The summed E-state index contributed by atoms with van der Waals surface area (Å²) in [7, 11) is 0. The first kappa shape index (κ1) is 40.6. The van der Waals surface area contributed by atoms with E-state index >= 15 is 0 Å². The van der Waals surface area contributed by atoms with E-state index in [9.17, 15) is 0 Å². The molecule has 0 fully saturated rings. The zero-order valence-corrected chi connectivity index (χ0v) is 37.7. The van der Waals surface area contributed by atoms with Gasteiger partial charge in [-0.15, -0.1) is 0 Å². The van der Waals surface area contributed by atoms with Gasteiger partial charge < -0.3 is 4.57 Å². The summed E-state index contributed by atoms with van der Waals surface area (Å²) < 4.78 is 2.34. The monoisotopic (exact) mass is 872 g/mol. The first-order valence-electron chi connectivity index (χ1n) is 23.0. The Kier molecular flexibility index (Phi) is 10.3. The number of nitrogens with zero attached hydrogens (tertiary/aromatic N) is 6. The number of para-hydroxylation sites is 1. The molecule has 12 aromatic rings. The lowest BCUT2D eigenvalue weighted by atomic mass is 9.95. The number of allylic oxidation sites excluding steroid dienone is 4. The molecule has 0 aliphatic heterocycles. The molecule has 6 nitrogen and oxygen atoms in total. The highest BCUT2D eigenvalue weighted by molar-refractivity contribution is 6.24. The number of hydrogen-bond acceptors (Lipinski definition) is 5. The summed E-state index contributed by atoms with van der Waals surface area (Å²) in [6.07, 6.45) is 14.9. The van der Waals surface area contributed by atoms with Gasteiger partial charge in [0.05, 0.1) is 34.1 Å². The lowest BCUT2D eigenvalue weighted by molar-refractivity contribution is 1.15. The molecule has 0 amide bonds. The summed E-state index contributed by atoms with van der Waals surface area (Å²) in [6, 6.07) is 61.7. The van der Waals surface area contributed by atoms with Gasteiger partial charge in [-0.3, -0.25) is 15.0 Å². The van der Waals surface area contributed by atoms with Crippen molar-refractivity contribution in [1.82, 2.24) is 29.5 Å². The van der Waals surface area contributed by atoms with E-state index in [4.69, 9.17) is 15.0 Å². The Morgan fingerprint density at radius 2 is 1.04 bits per heavy atom. The van der Waals surface area contributed by atoms with Crippen LogP contribution in [0.2, 0.25) is 0 Å². The number of aryl methyl sites for hydroxylation is 2. The third-order valence-electron chi connectivity index (χ3n) is 13.2. The molecule has 13 rings (SSSR count). The summed E-state index contributed by atoms with van der Waals surface area (Å²) in [5.41, 5.74) is 16.7. The van der Waals surface area contributed by atoms with Crippen LogP contribution in [0, 0.1) is 13.8 Å². The SMILES string of the molecule is C1=C(c2cc(-c3ccc(-c4cnc5c6ccccc6c6ccccc6c5c4)cc3)nc(-c3ccccc3)n2)C=C(n2c3ccccc3c3ccncc32)C1.Cc1ccccc1-c1ccncc1C. The van der Waals surface area contributed by atoms with Crippen LogP contribution < -0.4 is 0 Å². The average molecular weight is 873 g/mol. The number of benzene rings is 7. The van der Waals surface area contributed by atoms with Gasteiger partial charge in [-0.2, -0.15) is 0 Å². The van der Waals surface area contributed by atoms with Crippen molar-refractivity contribution in [2.24, 2.45) is 0 Å². The van der Waals surface area contributed by atoms with Gasteiger partial charge >= 0.3 is 0 Å². The highest BCUT2D eigenvalue weighted by Gasteiger charge is 2.20. The maximum atomic E-state index is 5.14. The third-order valence-corrected chi connectivity index (χ3v) is 13.2. The predicted molar refractivity (Wildman–Crippen MR) is 282 cm³/mol. The first-order valence-corrected chi connectivity index (χ1v) is 23.0. The van der Waals surface area contributed by atoms with Gasteiger partial charge in [0.2, 0.25) is 0 Å². The minimum absolute atomic E-state index is 0.703. The van der Waals surface area contributed by atoms with E-state index in [1.165, 1.54) is 65.8 Å². The van der Waals surface area contributed by atoms with Crippen LogP contribution in [0.3, 0.4) is 0 Å². The second-order valence-corrected chi connectivity index (χ2v) is 17.4. The molecule has 68 heavy (non-hydrogen) atoms. The van der Waals surface area contributed by atoms with Gasteiger partial charge in [0.25, 0.3) is 0 Å². The lowest BCUT2D eigenvalue weighted by Crippen LogP contribution is -1.98. The summed E-state index contributed by atoms with van der Waals surface area (Å²) in [5, 5.41) is 8.46. The largest absolute Gasteiger partial charge is 0.311 e. The van der Waals surface area contributed by atoms with Crippen molar-refractivity contribution < 1.29 is 0 Å². The summed E-state index contributed by atoms with van der Waals surface area (Å²) in [5.74, 6) is 0.703. The van der Waals surface area contributed by atoms with Crippen LogP contribution in [0.25, 0.3) is 110 Å². The molecule has 0 radical (unpaired) electrons. The van der Waals surface area contributed by atoms with Crippen LogP contribution >= 0.6 is 0 Å². The van der Waals surface area contributed by atoms with E-state index in [0.717, 1.165) is 62.1 Å². The molecule has 0 atom stereocenters. The Balaban J connectivity index is 0.000000295. The first-order chi connectivity index (χ1) is 33.6. The molecule has 0 spiro atoms. The molecule has 0 N–H and O–H groups in total. The molecular weight excluding hydrogens is 829 g/mol. The number of pyridine rings is 3. The zero-order chi connectivity index (χ0) is 45.6. The van der Waals surface area contributed by atoms with Gasteiger partial charge in [0, 0.05) is 75.1 Å². The fraction of sp³-hybridized carbons (Fsp3) is 0.0484. The minimum atomic E-state index is 0.703. The van der Waals surface area contributed by atoms with E-state index < -0.39 is 0 Å². The summed E-state index contributed by atoms with van der Waals surface area (Å²) in [4.78, 5) is 23.9. The normalized spacial score (nSPS) is 12.4. The van der Waals surface area contributed by atoms with Gasteiger partial charge in [-0.1, -0.05) is 152 Å². The Hall–Kier alpha value is -8.87. The van der Waals surface area contributed by atoms with Crippen molar-refractivity contribution in [2.75, 3.05) is 0 Å². The van der Waals surface area contributed by atoms with Crippen LogP contribution in [0.4, 0.5) is 0 Å². The molecule has 7 aromatic carbocycles. The van der Waals surface area contributed by atoms with E-state index in [2.05, 4.69) is 198 Å². The summed E-state index contributed by atoms with van der Waals surface area (Å²) in [6.45, 7) is 4.23. The van der Waals surface area contributed by atoms with Gasteiger partial charge in [-0.05, 0) is 99.8 Å². The molecule has 1 aliphatic carbocycles. The fourth-order valence-electron chi connectivity index (χ4n) is 9.84. The van der Waals surface area contributed by atoms with Crippen molar-refractivity contribution >= 4 is 65.5 Å².